The first kappa shape index (κ1) is 20.7. The molecular weight excluding hydrogens is 278 g/mol. The zero-order chi connectivity index (χ0) is 15.4. The smallest absolute Gasteiger partial charge is 0.0701 e. The van der Waals surface area contributed by atoms with Crippen molar-refractivity contribution in [1.29, 1.82) is 0 Å². The molecule has 7 heteroatoms. The van der Waals surface area contributed by atoms with Crippen LogP contribution < -0.4 is 5.32 Å². The van der Waals surface area contributed by atoms with Gasteiger partial charge in [-0.1, -0.05) is 0 Å². The standard InChI is InChI=1S/C14H31NO6/c1-2-17-9-10-21-14-12-19-7-4-15-3-6-18-11-13-20-8-5-16/h15-16H,2-14H2,1H3. The van der Waals surface area contributed by atoms with Crippen LogP contribution >= 0.6 is 0 Å². The molecule has 0 bridgehead atoms. The zero-order valence-corrected chi connectivity index (χ0v) is 13.2. The monoisotopic (exact) mass is 309 g/mol. The van der Waals surface area contributed by atoms with Gasteiger partial charge in [0.25, 0.3) is 0 Å². The van der Waals surface area contributed by atoms with Gasteiger partial charge in [0.05, 0.1) is 66.1 Å². The summed E-state index contributed by atoms with van der Waals surface area (Å²) in [5.74, 6) is 0. The van der Waals surface area contributed by atoms with Crippen molar-refractivity contribution >= 4 is 0 Å². The second kappa shape index (κ2) is 19.7. The molecule has 0 fully saturated rings. The molecule has 0 amide bonds. The van der Waals surface area contributed by atoms with Crippen molar-refractivity contribution < 1.29 is 28.8 Å². The Kier molecular flexibility index (Phi) is 19.5. The van der Waals surface area contributed by atoms with Crippen molar-refractivity contribution in [3.8, 4) is 0 Å². The summed E-state index contributed by atoms with van der Waals surface area (Å²) >= 11 is 0. The Bertz CT molecular complexity index is 167. The Morgan fingerprint density at radius 2 is 1.05 bits per heavy atom. The number of ether oxygens (including phenoxy) is 5. The zero-order valence-electron chi connectivity index (χ0n) is 13.2. The maximum absolute atomic E-state index is 8.49. The predicted octanol–water partition coefficient (Wildman–Crippen LogP) is -0.329. The van der Waals surface area contributed by atoms with Crippen LogP contribution in [0.25, 0.3) is 0 Å². The van der Waals surface area contributed by atoms with E-state index in [-0.39, 0.29) is 6.61 Å². The minimum absolute atomic E-state index is 0.0547. The predicted molar refractivity (Wildman–Crippen MR) is 79.7 cm³/mol. The van der Waals surface area contributed by atoms with Crippen LogP contribution in [0.4, 0.5) is 0 Å². The van der Waals surface area contributed by atoms with Gasteiger partial charge < -0.3 is 34.1 Å². The molecule has 0 unspecified atom stereocenters. The Morgan fingerprint density at radius 3 is 1.52 bits per heavy atom. The molecule has 0 atom stereocenters. The molecule has 0 heterocycles. The highest BCUT2D eigenvalue weighted by atomic mass is 16.5. The summed E-state index contributed by atoms with van der Waals surface area (Å²) in [6.07, 6.45) is 0. The molecule has 128 valence electrons. The summed E-state index contributed by atoms with van der Waals surface area (Å²) in [6, 6.07) is 0. The van der Waals surface area contributed by atoms with Crippen molar-refractivity contribution in [2.75, 3.05) is 85.8 Å². The van der Waals surface area contributed by atoms with Gasteiger partial charge in [0.1, 0.15) is 0 Å². The first-order chi connectivity index (χ1) is 10.4. The van der Waals surface area contributed by atoms with Crippen LogP contribution in [0.5, 0.6) is 0 Å². The van der Waals surface area contributed by atoms with Crippen LogP contribution in [-0.2, 0) is 23.7 Å². The lowest BCUT2D eigenvalue weighted by Crippen LogP contribution is -2.25. The van der Waals surface area contributed by atoms with Crippen molar-refractivity contribution in [1.82, 2.24) is 5.32 Å². The third-order valence-corrected chi connectivity index (χ3v) is 2.40. The minimum atomic E-state index is 0.0547. The number of aliphatic hydroxyl groups excluding tert-OH is 1. The van der Waals surface area contributed by atoms with E-state index in [0.717, 1.165) is 19.7 Å². The van der Waals surface area contributed by atoms with E-state index in [0.29, 0.717) is 59.5 Å². The highest BCUT2D eigenvalue weighted by Gasteiger charge is 1.92. The van der Waals surface area contributed by atoms with Crippen LogP contribution in [0.3, 0.4) is 0 Å². The number of hydrogen-bond acceptors (Lipinski definition) is 7. The van der Waals surface area contributed by atoms with E-state index in [4.69, 9.17) is 28.8 Å². The normalized spacial score (nSPS) is 11.1. The molecule has 0 saturated heterocycles. The maximum Gasteiger partial charge on any atom is 0.0701 e. The largest absolute Gasteiger partial charge is 0.394 e. The van der Waals surface area contributed by atoms with Crippen molar-refractivity contribution in [3.63, 3.8) is 0 Å². The second-order valence-corrected chi connectivity index (χ2v) is 4.12. The summed E-state index contributed by atoms with van der Waals surface area (Å²) in [4.78, 5) is 0. The lowest BCUT2D eigenvalue weighted by Gasteiger charge is -2.08. The van der Waals surface area contributed by atoms with Gasteiger partial charge >= 0.3 is 0 Å². The van der Waals surface area contributed by atoms with Gasteiger partial charge in [-0.3, -0.25) is 0 Å². The Balaban J connectivity index is 2.90. The first-order valence-electron chi connectivity index (χ1n) is 7.62. The lowest BCUT2D eigenvalue weighted by molar-refractivity contribution is 0.0168. The molecule has 0 aromatic carbocycles. The maximum atomic E-state index is 8.49. The average molecular weight is 309 g/mol. The van der Waals surface area contributed by atoms with E-state index < -0.39 is 0 Å². The van der Waals surface area contributed by atoms with Crippen LogP contribution in [0.1, 0.15) is 6.92 Å². The van der Waals surface area contributed by atoms with Crippen LogP contribution in [-0.4, -0.2) is 90.9 Å². The topological polar surface area (TPSA) is 78.4 Å². The fourth-order valence-electron chi connectivity index (χ4n) is 1.38. The van der Waals surface area contributed by atoms with E-state index in [1.165, 1.54) is 0 Å². The van der Waals surface area contributed by atoms with E-state index >= 15 is 0 Å². The summed E-state index contributed by atoms with van der Waals surface area (Å²) in [7, 11) is 0. The molecule has 0 aliphatic rings. The Morgan fingerprint density at radius 1 is 0.619 bits per heavy atom. The highest BCUT2D eigenvalue weighted by Crippen LogP contribution is 1.81. The summed E-state index contributed by atoms with van der Waals surface area (Å²) in [6.45, 7) is 9.54. The van der Waals surface area contributed by atoms with Crippen molar-refractivity contribution in [3.05, 3.63) is 0 Å². The van der Waals surface area contributed by atoms with Gasteiger partial charge in [-0.05, 0) is 6.92 Å². The molecule has 0 radical (unpaired) electrons. The summed E-state index contributed by atoms with van der Waals surface area (Å²) < 4.78 is 26.3. The third kappa shape index (κ3) is 19.7. The van der Waals surface area contributed by atoms with Gasteiger partial charge in [-0.15, -0.1) is 0 Å². The molecule has 0 saturated carbocycles. The van der Waals surface area contributed by atoms with Gasteiger partial charge in [0, 0.05) is 19.7 Å². The van der Waals surface area contributed by atoms with Crippen molar-refractivity contribution in [2.24, 2.45) is 0 Å². The van der Waals surface area contributed by atoms with E-state index in [9.17, 15) is 0 Å². The molecule has 0 aliphatic heterocycles. The summed E-state index contributed by atoms with van der Waals surface area (Å²) in [5, 5.41) is 11.7. The third-order valence-electron chi connectivity index (χ3n) is 2.40. The van der Waals surface area contributed by atoms with Crippen LogP contribution in [0, 0.1) is 0 Å². The molecule has 0 aliphatic carbocycles. The van der Waals surface area contributed by atoms with E-state index in [1.54, 1.807) is 0 Å². The molecule has 0 rings (SSSR count). The molecule has 0 aromatic rings. The van der Waals surface area contributed by atoms with E-state index in [2.05, 4.69) is 5.32 Å². The quantitative estimate of drug-likeness (QED) is 0.336. The minimum Gasteiger partial charge on any atom is -0.394 e. The molecule has 0 aromatic heterocycles. The van der Waals surface area contributed by atoms with Gasteiger partial charge in [0.15, 0.2) is 0 Å². The highest BCUT2D eigenvalue weighted by molar-refractivity contribution is 4.45. The van der Waals surface area contributed by atoms with E-state index in [1.807, 2.05) is 6.92 Å². The fourth-order valence-corrected chi connectivity index (χ4v) is 1.38. The average Bonchev–Trinajstić information content (AvgIpc) is 2.50. The SMILES string of the molecule is CCOCCOCCOCCNCCOCCOCCO. The van der Waals surface area contributed by atoms with Gasteiger partial charge in [-0.25, -0.2) is 0 Å². The Hall–Kier alpha value is -0.280. The molecule has 0 spiro atoms. The molecular formula is C14H31NO6. The molecule has 2 N–H and O–H groups in total. The molecule has 21 heavy (non-hydrogen) atoms. The first-order valence-corrected chi connectivity index (χ1v) is 7.62. The van der Waals surface area contributed by atoms with Crippen LogP contribution in [0.2, 0.25) is 0 Å². The van der Waals surface area contributed by atoms with Crippen LogP contribution in [0.15, 0.2) is 0 Å². The number of aliphatic hydroxyl groups is 1. The number of nitrogens with one attached hydrogen (secondary N) is 1. The molecule has 7 nitrogen and oxygen atoms in total. The number of rotatable bonds is 18. The Labute approximate surface area is 127 Å². The fraction of sp³-hybridized carbons (Fsp3) is 1.00. The van der Waals surface area contributed by atoms with Gasteiger partial charge in [-0.2, -0.15) is 0 Å². The van der Waals surface area contributed by atoms with Gasteiger partial charge in [0.2, 0.25) is 0 Å². The lowest BCUT2D eigenvalue weighted by atomic mass is 10.6. The van der Waals surface area contributed by atoms with Crippen molar-refractivity contribution in [2.45, 2.75) is 6.92 Å². The summed E-state index contributed by atoms with van der Waals surface area (Å²) in [5.41, 5.74) is 0. The second-order valence-electron chi connectivity index (χ2n) is 4.12. The number of hydrogen-bond donors (Lipinski definition) is 2.